The summed E-state index contributed by atoms with van der Waals surface area (Å²) in [6.45, 7) is 32.4. The Balaban J connectivity index is 3.81. The molecular formula is C32H57NO4. The Labute approximate surface area is 228 Å². The van der Waals surface area contributed by atoms with Crippen molar-refractivity contribution in [3.8, 4) is 17.2 Å². The van der Waals surface area contributed by atoms with Crippen molar-refractivity contribution in [2.24, 2.45) is 16.2 Å². The summed E-state index contributed by atoms with van der Waals surface area (Å²) in [4.78, 5) is 12.8. The fourth-order valence-corrected chi connectivity index (χ4v) is 5.92. The van der Waals surface area contributed by atoms with Crippen molar-refractivity contribution < 1.29 is 19.0 Å². The molecule has 0 atom stereocenters. The molecule has 0 spiro atoms. The third kappa shape index (κ3) is 12.5. The SMILES string of the molecule is CNC(=O)c1cc(OC(C)(C)CC(C)(C)C)c(OC(C)(C)CC(C)(C)C)c(OC(C)(C)CC(C)(C)C)c1. The molecule has 0 aromatic heterocycles. The smallest absolute Gasteiger partial charge is 0.251 e. The maximum Gasteiger partial charge on any atom is 0.251 e. The highest BCUT2D eigenvalue weighted by molar-refractivity contribution is 5.95. The minimum absolute atomic E-state index is 0.0580. The lowest BCUT2D eigenvalue weighted by Gasteiger charge is -2.38. The molecule has 1 aromatic carbocycles. The van der Waals surface area contributed by atoms with E-state index in [1.54, 1.807) is 19.2 Å². The minimum Gasteiger partial charge on any atom is -0.484 e. The summed E-state index contributed by atoms with van der Waals surface area (Å²) in [7, 11) is 1.63. The average molecular weight is 520 g/mol. The van der Waals surface area contributed by atoms with E-state index in [0.29, 0.717) is 22.8 Å². The van der Waals surface area contributed by atoms with Crippen molar-refractivity contribution in [2.45, 2.75) is 140 Å². The van der Waals surface area contributed by atoms with E-state index in [9.17, 15) is 4.79 Å². The Bertz CT molecular complexity index is 871. The van der Waals surface area contributed by atoms with E-state index in [-0.39, 0.29) is 22.2 Å². The molecule has 1 N–H and O–H groups in total. The first-order valence-corrected chi connectivity index (χ1v) is 13.7. The van der Waals surface area contributed by atoms with Gasteiger partial charge in [-0.05, 0) is 89.2 Å². The summed E-state index contributed by atoms with van der Waals surface area (Å²) in [5.41, 5.74) is -0.832. The first-order chi connectivity index (χ1) is 16.2. The summed E-state index contributed by atoms with van der Waals surface area (Å²) < 4.78 is 20.2. The molecule has 214 valence electrons. The number of carbonyl (C=O) groups excluding carboxylic acids is 1. The molecule has 5 nitrogen and oxygen atoms in total. The van der Waals surface area contributed by atoms with E-state index in [2.05, 4.69) is 109 Å². The second-order valence-corrected chi connectivity index (χ2v) is 16.2. The molecular weight excluding hydrogens is 462 g/mol. The fourth-order valence-electron chi connectivity index (χ4n) is 5.92. The number of amides is 1. The topological polar surface area (TPSA) is 56.8 Å². The zero-order valence-corrected chi connectivity index (χ0v) is 26.9. The van der Waals surface area contributed by atoms with Gasteiger partial charge in [0.15, 0.2) is 11.5 Å². The highest BCUT2D eigenvalue weighted by atomic mass is 16.6. The van der Waals surface area contributed by atoms with Crippen LogP contribution in [0.25, 0.3) is 0 Å². The van der Waals surface area contributed by atoms with E-state index >= 15 is 0 Å². The Morgan fingerprint density at radius 2 is 0.892 bits per heavy atom. The highest BCUT2D eigenvalue weighted by Gasteiger charge is 2.35. The van der Waals surface area contributed by atoms with Gasteiger partial charge in [-0.2, -0.15) is 0 Å². The predicted molar refractivity (Wildman–Crippen MR) is 156 cm³/mol. The molecule has 0 aliphatic carbocycles. The largest absolute Gasteiger partial charge is 0.484 e. The summed E-state index contributed by atoms with van der Waals surface area (Å²) in [6.07, 6.45) is 2.47. The predicted octanol–water partition coefficient (Wildman–Crippen LogP) is 8.83. The number of carbonyl (C=O) groups is 1. The van der Waals surface area contributed by atoms with Crippen molar-refractivity contribution in [3.63, 3.8) is 0 Å². The van der Waals surface area contributed by atoms with Crippen LogP contribution in [0.3, 0.4) is 0 Å². The highest BCUT2D eigenvalue weighted by Crippen LogP contribution is 2.47. The molecule has 0 bridgehead atoms. The van der Waals surface area contributed by atoms with Crippen LogP contribution in [0.15, 0.2) is 12.1 Å². The first-order valence-electron chi connectivity index (χ1n) is 13.7. The zero-order chi connectivity index (χ0) is 29.3. The normalized spacial score (nSPS) is 13.8. The molecule has 0 aliphatic rings. The van der Waals surface area contributed by atoms with Gasteiger partial charge in [-0.25, -0.2) is 0 Å². The summed E-state index contributed by atoms with van der Waals surface area (Å²) >= 11 is 0. The molecule has 0 aliphatic heterocycles. The van der Waals surface area contributed by atoms with Gasteiger partial charge in [0.2, 0.25) is 5.75 Å². The number of nitrogens with one attached hydrogen (secondary N) is 1. The Morgan fingerprint density at radius 3 is 1.16 bits per heavy atom. The van der Waals surface area contributed by atoms with E-state index in [1.165, 1.54) is 0 Å². The quantitative estimate of drug-likeness (QED) is 0.335. The maximum absolute atomic E-state index is 12.8. The number of rotatable bonds is 10. The maximum atomic E-state index is 12.8. The van der Waals surface area contributed by atoms with Gasteiger partial charge >= 0.3 is 0 Å². The molecule has 1 aromatic rings. The van der Waals surface area contributed by atoms with Crippen LogP contribution in [0.4, 0.5) is 0 Å². The Kier molecular flexibility index (Phi) is 9.90. The fraction of sp³-hybridized carbons (Fsp3) is 0.781. The molecule has 37 heavy (non-hydrogen) atoms. The van der Waals surface area contributed by atoms with Crippen molar-refractivity contribution in [3.05, 3.63) is 17.7 Å². The first kappa shape index (κ1) is 33.1. The molecule has 1 rings (SSSR count). The van der Waals surface area contributed by atoms with Gasteiger partial charge < -0.3 is 19.5 Å². The van der Waals surface area contributed by atoms with Gasteiger partial charge in [0.05, 0.1) is 0 Å². The molecule has 0 heterocycles. The van der Waals surface area contributed by atoms with Crippen LogP contribution in [0.2, 0.25) is 0 Å². The minimum atomic E-state index is -0.496. The van der Waals surface area contributed by atoms with Crippen LogP contribution in [0, 0.1) is 16.2 Å². The lowest BCUT2D eigenvalue weighted by Crippen LogP contribution is -2.37. The summed E-state index contributed by atoms with van der Waals surface area (Å²) in [6, 6.07) is 3.57. The van der Waals surface area contributed by atoms with Crippen LogP contribution < -0.4 is 19.5 Å². The number of hydrogen-bond acceptors (Lipinski definition) is 4. The third-order valence-electron chi connectivity index (χ3n) is 5.53. The van der Waals surface area contributed by atoms with E-state index in [0.717, 1.165) is 19.3 Å². The second kappa shape index (κ2) is 11.1. The third-order valence-corrected chi connectivity index (χ3v) is 5.53. The Morgan fingerprint density at radius 1 is 0.595 bits per heavy atom. The monoisotopic (exact) mass is 519 g/mol. The zero-order valence-electron chi connectivity index (χ0n) is 26.9. The van der Waals surface area contributed by atoms with Gasteiger partial charge in [0, 0.05) is 12.6 Å². The van der Waals surface area contributed by atoms with Gasteiger partial charge in [0.25, 0.3) is 5.91 Å². The van der Waals surface area contributed by atoms with Crippen LogP contribution in [0.1, 0.15) is 133 Å². The molecule has 0 saturated carbocycles. The van der Waals surface area contributed by atoms with Crippen LogP contribution in [-0.2, 0) is 0 Å². The van der Waals surface area contributed by atoms with Gasteiger partial charge in [-0.15, -0.1) is 0 Å². The molecule has 1 amide bonds. The van der Waals surface area contributed by atoms with Crippen molar-refractivity contribution in [2.75, 3.05) is 7.05 Å². The standard InChI is InChI=1S/C32H57NO4/c1-27(2,3)19-30(10,11)35-23-17-22(26(34)33-16)18-24(36-31(12,13)20-28(4,5)6)25(23)37-32(14,15)21-29(7,8)9/h17-18H,19-21H2,1-16H3,(H,33,34). The molecule has 0 unspecified atom stereocenters. The summed E-state index contributed by atoms with van der Waals surface area (Å²) in [5, 5.41) is 2.75. The molecule has 0 saturated heterocycles. The van der Waals surface area contributed by atoms with Crippen LogP contribution in [0.5, 0.6) is 17.2 Å². The Hall–Kier alpha value is -1.91. The summed E-state index contributed by atoms with van der Waals surface area (Å²) in [5.74, 6) is 1.40. The van der Waals surface area contributed by atoms with Gasteiger partial charge in [0.1, 0.15) is 16.8 Å². The van der Waals surface area contributed by atoms with Gasteiger partial charge in [-0.1, -0.05) is 62.3 Å². The van der Waals surface area contributed by atoms with E-state index < -0.39 is 16.8 Å². The average Bonchev–Trinajstić information content (AvgIpc) is 2.56. The van der Waals surface area contributed by atoms with E-state index in [4.69, 9.17) is 14.2 Å². The van der Waals surface area contributed by atoms with Crippen molar-refractivity contribution >= 4 is 5.91 Å². The van der Waals surface area contributed by atoms with Gasteiger partial charge in [-0.3, -0.25) is 4.79 Å². The molecule has 0 fully saturated rings. The second-order valence-electron chi connectivity index (χ2n) is 16.2. The lowest BCUT2D eigenvalue weighted by atomic mass is 9.83. The molecule has 0 radical (unpaired) electrons. The van der Waals surface area contributed by atoms with Crippen molar-refractivity contribution in [1.29, 1.82) is 0 Å². The number of benzene rings is 1. The lowest BCUT2D eigenvalue weighted by molar-refractivity contribution is 0.0220. The van der Waals surface area contributed by atoms with E-state index in [1.807, 2.05) is 0 Å². The van der Waals surface area contributed by atoms with Crippen LogP contribution >= 0.6 is 0 Å². The van der Waals surface area contributed by atoms with Crippen LogP contribution in [-0.4, -0.2) is 29.8 Å². The molecule has 5 heteroatoms. The van der Waals surface area contributed by atoms with Crippen molar-refractivity contribution in [1.82, 2.24) is 5.32 Å². The number of ether oxygens (including phenoxy) is 3. The number of hydrogen-bond donors (Lipinski definition) is 1.